The first kappa shape index (κ1) is 15.1. The third-order valence-corrected chi connectivity index (χ3v) is 4.05. The molecule has 4 aromatic rings. The van der Waals surface area contributed by atoms with E-state index >= 15 is 0 Å². The lowest BCUT2D eigenvalue weighted by molar-refractivity contribution is 0.0468. The third kappa shape index (κ3) is 3.02. The lowest BCUT2D eigenvalue weighted by atomic mass is 10.1. The van der Waals surface area contributed by atoms with Crippen molar-refractivity contribution in [1.29, 1.82) is 0 Å². The highest BCUT2D eigenvalue weighted by Crippen LogP contribution is 2.17. The Morgan fingerprint density at radius 2 is 1.56 bits per heavy atom. The second-order valence-electron chi connectivity index (χ2n) is 5.74. The molecule has 0 saturated carbocycles. The van der Waals surface area contributed by atoms with Crippen LogP contribution in [0.25, 0.3) is 21.7 Å². The lowest BCUT2D eigenvalue weighted by Gasteiger charge is -2.06. The zero-order chi connectivity index (χ0) is 17.2. The maximum atomic E-state index is 12.3. The molecule has 0 aliphatic rings. The third-order valence-electron chi connectivity index (χ3n) is 4.05. The number of hydrogen-bond acceptors (Lipinski definition) is 4. The Labute approximate surface area is 143 Å². The zero-order valence-corrected chi connectivity index (χ0v) is 13.3. The maximum Gasteiger partial charge on any atom is 0.351 e. The summed E-state index contributed by atoms with van der Waals surface area (Å²) >= 11 is 0. The van der Waals surface area contributed by atoms with Gasteiger partial charge in [0, 0.05) is 5.39 Å². The van der Waals surface area contributed by atoms with Crippen LogP contribution in [0.15, 0.2) is 82.0 Å². The van der Waals surface area contributed by atoms with Gasteiger partial charge in [-0.15, -0.1) is 0 Å². The molecule has 0 saturated heterocycles. The topological polar surface area (TPSA) is 56.5 Å². The molecule has 0 N–H and O–H groups in total. The largest absolute Gasteiger partial charge is 0.457 e. The van der Waals surface area contributed by atoms with E-state index in [0.29, 0.717) is 11.0 Å². The van der Waals surface area contributed by atoms with E-state index in [1.807, 2.05) is 48.5 Å². The smallest absolute Gasteiger partial charge is 0.351 e. The van der Waals surface area contributed by atoms with Gasteiger partial charge in [0.1, 0.15) is 17.8 Å². The van der Waals surface area contributed by atoms with E-state index in [0.717, 1.165) is 16.3 Å². The highest BCUT2D eigenvalue weighted by Gasteiger charge is 2.15. The minimum atomic E-state index is -0.692. The molecule has 122 valence electrons. The van der Waals surface area contributed by atoms with Crippen LogP contribution in [0.1, 0.15) is 15.9 Å². The predicted octanol–water partition coefficient (Wildman–Crippen LogP) is 4.30. The quantitative estimate of drug-likeness (QED) is 0.415. The zero-order valence-electron chi connectivity index (χ0n) is 13.3. The van der Waals surface area contributed by atoms with Gasteiger partial charge in [-0.1, -0.05) is 54.6 Å². The molecule has 0 radical (unpaired) electrons. The Kier molecular flexibility index (Phi) is 3.78. The Balaban J connectivity index is 1.57. The summed E-state index contributed by atoms with van der Waals surface area (Å²) in [5, 5.41) is 2.87. The van der Waals surface area contributed by atoms with Crippen molar-refractivity contribution in [2.75, 3.05) is 0 Å². The fraction of sp³-hybridized carbons (Fsp3) is 0.0476. The van der Waals surface area contributed by atoms with E-state index in [-0.39, 0.29) is 12.2 Å². The van der Waals surface area contributed by atoms with E-state index in [4.69, 9.17) is 9.15 Å². The highest BCUT2D eigenvalue weighted by molar-refractivity contribution is 5.92. The van der Waals surface area contributed by atoms with Crippen LogP contribution in [0.3, 0.4) is 0 Å². The molecular weight excluding hydrogens is 316 g/mol. The molecule has 0 aliphatic carbocycles. The summed E-state index contributed by atoms with van der Waals surface area (Å²) in [7, 11) is 0. The summed E-state index contributed by atoms with van der Waals surface area (Å²) in [6.07, 6.45) is 0. The van der Waals surface area contributed by atoms with Crippen LogP contribution >= 0.6 is 0 Å². The van der Waals surface area contributed by atoms with E-state index in [1.54, 1.807) is 18.2 Å². The van der Waals surface area contributed by atoms with Crippen molar-refractivity contribution in [2.45, 2.75) is 6.61 Å². The number of hydrogen-bond donors (Lipinski definition) is 0. The first-order chi connectivity index (χ1) is 12.2. The molecule has 3 aromatic carbocycles. The average Bonchev–Trinajstić information content (AvgIpc) is 2.65. The Bertz CT molecular complexity index is 1140. The summed E-state index contributed by atoms with van der Waals surface area (Å²) in [4.78, 5) is 24.3. The van der Waals surface area contributed by atoms with Gasteiger partial charge in [0.25, 0.3) is 0 Å². The Hall–Kier alpha value is -3.40. The van der Waals surface area contributed by atoms with Crippen LogP contribution in [-0.2, 0) is 11.3 Å². The number of carbonyl (C=O) groups is 1. The van der Waals surface area contributed by atoms with E-state index in [1.165, 1.54) is 6.07 Å². The number of fused-ring (bicyclic) bond motifs is 2. The predicted molar refractivity (Wildman–Crippen MR) is 95.6 cm³/mol. The average molecular weight is 330 g/mol. The molecule has 0 spiro atoms. The van der Waals surface area contributed by atoms with E-state index in [2.05, 4.69) is 0 Å². The molecule has 4 rings (SSSR count). The Morgan fingerprint density at radius 3 is 2.40 bits per heavy atom. The fourth-order valence-electron chi connectivity index (χ4n) is 2.76. The second-order valence-corrected chi connectivity index (χ2v) is 5.74. The molecular formula is C21H14O4. The fourth-order valence-corrected chi connectivity index (χ4v) is 2.76. The summed E-state index contributed by atoms with van der Waals surface area (Å²) in [5.41, 5.74) is 0.512. The molecule has 4 nitrogen and oxygen atoms in total. The van der Waals surface area contributed by atoms with Crippen molar-refractivity contribution in [1.82, 2.24) is 0 Å². The second kappa shape index (κ2) is 6.24. The number of benzene rings is 3. The molecule has 0 unspecified atom stereocenters. The Morgan fingerprint density at radius 1 is 0.840 bits per heavy atom. The van der Waals surface area contributed by atoms with E-state index in [9.17, 15) is 9.59 Å². The molecule has 0 amide bonds. The van der Waals surface area contributed by atoms with Crippen LogP contribution < -0.4 is 5.63 Å². The van der Waals surface area contributed by atoms with Gasteiger partial charge < -0.3 is 9.15 Å². The van der Waals surface area contributed by atoms with Crippen LogP contribution in [0.2, 0.25) is 0 Å². The van der Waals surface area contributed by atoms with Crippen LogP contribution in [0, 0.1) is 0 Å². The number of para-hydroxylation sites is 1. The van der Waals surface area contributed by atoms with Gasteiger partial charge in [0.05, 0.1) is 0 Å². The van der Waals surface area contributed by atoms with E-state index < -0.39 is 11.6 Å². The molecule has 0 aliphatic heterocycles. The number of esters is 1. The van der Waals surface area contributed by atoms with Gasteiger partial charge in [-0.25, -0.2) is 9.59 Å². The minimum Gasteiger partial charge on any atom is -0.457 e. The maximum absolute atomic E-state index is 12.3. The van der Waals surface area contributed by atoms with Crippen molar-refractivity contribution in [3.63, 3.8) is 0 Å². The lowest BCUT2D eigenvalue weighted by Crippen LogP contribution is -2.16. The van der Waals surface area contributed by atoms with Crippen LogP contribution in [0.5, 0.6) is 0 Å². The normalized spacial score (nSPS) is 10.9. The van der Waals surface area contributed by atoms with Crippen molar-refractivity contribution < 1.29 is 13.9 Å². The summed E-state index contributed by atoms with van der Waals surface area (Å²) in [6, 6.07) is 22.3. The van der Waals surface area contributed by atoms with Crippen molar-refractivity contribution in [3.8, 4) is 0 Å². The van der Waals surface area contributed by atoms with Crippen LogP contribution in [0.4, 0.5) is 0 Å². The molecule has 25 heavy (non-hydrogen) atoms. The number of ether oxygens (including phenoxy) is 1. The number of carbonyl (C=O) groups excluding carboxylic acids is 1. The van der Waals surface area contributed by atoms with Gasteiger partial charge in [-0.05, 0) is 34.5 Å². The molecule has 1 heterocycles. The van der Waals surface area contributed by atoms with Gasteiger partial charge in [-0.2, -0.15) is 0 Å². The van der Waals surface area contributed by atoms with Crippen molar-refractivity contribution in [2.24, 2.45) is 0 Å². The van der Waals surface area contributed by atoms with Gasteiger partial charge in [0.15, 0.2) is 0 Å². The monoisotopic (exact) mass is 330 g/mol. The molecule has 1 aromatic heterocycles. The number of rotatable bonds is 3. The minimum absolute atomic E-state index is 0.0932. The molecule has 0 bridgehead atoms. The summed E-state index contributed by atoms with van der Waals surface area (Å²) in [5.74, 6) is -0.687. The molecule has 4 heteroatoms. The van der Waals surface area contributed by atoms with Crippen LogP contribution in [-0.4, -0.2) is 5.97 Å². The summed E-state index contributed by atoms with van der Waals surface area (Å²) < 4.78 is 10.5. The first-order valence-corrected chi connectivity index (χ1v) is 7.88. The molecule has 0 fully saturated rings. The first-order valence-electron chi connectivity index (χ1n) is 7.88. The van der Waals surface area contributed by atoms with Gasteiger partial charge in [0.2, 0.25) is 0 Å². The SMILES string of the molecule is O=C(OCc1ccc2ccccc2c1)c1cc2ccccc2oc1=O. The summed E-state index contributed by atoms with van der Waals surface area (Å²) in [6.45, 7) is 0.0932. The van der Waals surface area contributed by atoms with Crippen molar-refractivity contribution in [3.05, 3.63) is 94.3 Å². The van der Waals surface area contributed by atoms with Crippen molar-refractivity contribution >= 4 is 27.7 Å². The van der Waals surface area contributed by atoms with Gasteiger partial charge >= 0.3 is 11.6 Å². The molecule has 0 atom stereocenters. The standard InChI is InChI=1S/C21H14O4/c22-20(18-12-17-7-3-4-8-19(17)25-21(18)23)24-13-14-9-10-15-5-1-2-6-16(15)11-14/h1-12H,13H2. The highest BCUT2D eigenvalue weighted by atomic mass is 16.5. The van der Waals surface area contributed by atoms with Gasteiger partial charge in [-0.3, -0.25) is 0 Å².